The first-order valence-electron chi connectivity index (χ1n) is 5.42. The Morgan fingerprint density at radius 3 is 2.11 bits per heavy atom. The van der Waals surface area contributed by atoms with Gasteiger partial charge in [-0.15, -0.1) is 0 Å². The molecule has 3 N–H and O–H groups in total. The molecular formula is C9H14N2O7S. The third kappa shape index (κ3) is 4.73. The van der Waals surface area contributed by atoms with Crippen molar-refractivity contribution in [1.29, 1.82) is 0 Å². The molecule has 0 unspecified atom stereocenters. The molecule has 19 heavy (non-hydrogen) atoms. The molecule has 0 saturated carbocycles. The summed E-state index contributed by atoms with van der Waals surface area (Å²) >= 11 is 0. The van der Waals surface area contributed by atoms with Gasteiger partial charge in [0.15, 0.2) is 9.84 Å². The van der Waals surface area contributed by atoms with Gasteiger partial charge in [0.25, 0.3) is 0 Å². The Hall–Kier alpha value is -1.84. The van der Waals surface area contributed by atoms with Crippen molar-refractivity contribution in [2.45, 2.75) is 12.5 Å². The molecule has 1 heterocycles. The maximum atomic E-state index is 11.7. The molecule has 108 valence electrons. The van der Waals surface area contributed by atoms with E-state index in [1.807, 2.05) is 0 Å². The summed E-state index contributed by atoms with van der Waals surface area (Å²) in [5.41, 5.74) is 0. The topological polar surface area (TPSA) is 141 Å². The maximum Gasteiger partial charge on any atom is 0.326 e. The lowest BCUT2D eigenvalue weighted by molar-refractivity contribution is -0.145. The fourth-order valence-electron chi connectivity index (χ4n) is 1.53. The molecule has 1 aliphatic heterocycles. The van der Waals surface area contributed by atoms with Crippen molar-refractivity contribution in [2.24, 2.45) is 0 Å². The van der Waals surface area contributed by atoms with Crippen LogP contribution in [0.4, 0.5) is 4.79 Å². The average Bonchev–Trinajstić information content (AvgIpc) is 2.27. The van der Waals surface area contributed by atoms with E-state index in [1.165, 1.54) is 0 Å². The summed E-state index contributed by atoms with van der Waals surface area (Å²) in [4.78, 5) is 34.0. The lowest BCUT2D eigenvalue weighted by Crippen LogP contribution is -2.52. The van der Waals surface area contributed by atoms with Crippen LogP contribution in [-0.4, -0.2) is 72.1 Å². The average molecular weight is 294 g/mol. The fraction of sp³-hybridized carbons (Fsp3) is 0.667. The van der Waals surface area contributed by atoms with Gasteiger partial charge in [0, 0.05) is 13.1 Å². The Morgan fingerprint density at radius 2 is 1.68 bits per heavy atom. The molecule has 1 rings (SSSR count). The van der Waals surface area contributed by atoms with E-state index in [2.05, 4.69) is 5.32 Å². The molecule has 0 aromatic heterocycles. The van der Waals surface area contributed by atoms with E-state index in [4.69, 9.17) is 10.2 Å². The molecule has 2 amide bonds. The van der Waals surface area contributed by atoms with Crippen LogP contribution in [0.2, 0.25) is 0 Å². The molecule has 0 aromatic rings. The standard InChI is InChI=1S/C9H14N2O7S/c12-7(13)5-6(8(14)15)10-9(16)11-1-3-19(17,18)4-2-11/h6H,1-5H2,(H,10,16)(H,12,13)(H,14,15)/t6-/m0/s1. The van der Waals surface area contributed by atoms with E-state index >= 15 is 0 Å². The zero-order valence-electron chi connectivity index (χ0n) is 9.90. The van der Waals surface area contributed by atoms with Gasteiger partial charge in [0.1, 0.15) is 6.04 Å². The van der Waals surface area contributed by atoms with Gasteiger partial charge < -0.3 is 20.4 Å². The van der Waals surface area contributed by atoms with Gasteiger partial charge in [0.2, 0.25) is 0 Å². The van der Waals surface area contributed by atoms with Crippen LogP contribution < -0.4 is 5.32 Å². The van der Waals surface area contributed by atoms with Crippen LogP contribution in [-0.2, 0) is 19.4 Å². The summed E-state index contributed by atoms with van der Waals surface area (Å²) in [6.45, 7) is -0.0683. The minimum Gasteiger partial charge on any atom is -0.481 e. The molecule has 1 fully saturated rings. The van der Waals surface area contributed by atoms with Gasteiger partial charge in [-0.2, -0.15) is 0 Å². The summed E-state index contributed by atoms with van der Waals surface area (Å²) in [5, 5.41) is 19.3. The van der Waals surface area contributed by atoms with Crippen molar-refractivity contribution in [3.8, 4) is 0 Å². The molecule has 0 bridgehead atoms. The quantitative estimate of drug-likeness (QED) is 0.564. The SMILES string of the molecule is O=C(O)C[C@H](NC(=O)N1CCS(=O)(=O)CC1)C(=O)O. The van der Waals surface area contributed by atoms with Gasteiger partial charge in [-0.05, 0) is 0 Å². The van der Waals surface area contributed by atoms with Crippen LogP contribution in [0.15, 0.2) is 0 Å². The number of hydrogen-bond acceptors (Lipinski definition) is 5. The summed E-state index contributed by atoms with van der Waals surface area (Å²) in [6.07, 6.45) is -0.743. The van der Waals surface area contributed by atoms with Crippen molar-refractivity contribution in [2.75, 3.05) is 24.6 Å². The molecule has 0 aromatic carbocycles. The predicted octanol–water partition coefficient (Wildman–Crippen LogP) is -1.65. The molecule has 1 saturated heterocycles. The van der Waals surface area contributed by atoms with Gasteiger partial charge in [-0.25, -0.2) is 18.0 Å². The number of hydrogen-bond donors (Lipinski definition) is 3. The molecule has 0 radical (unpaired) electrons. The van der Waals surface area contributed by atoms with Crippen molar-refractivity contribution in [3.05, 3.63) is 0 Å². The number of carboxylic acid groups (broad SMARTS) is 2. The van der Waals surface area contributed by atoms with Gasteiger partial charge in [0.05, 0.1) is 17.9 Å². The number of amides is 2. The smallest absolute Gasteiger partial charge is 0.326 e. The van der Waals surface area contributed by atoms with E-state index in [0.29, 0.717) is 0 Å². The number of rotatable bonds is 4. The Kier molecular flexibility index (Phi) is 4.70. The predicted molar refractivity (Wildman–Crippen MR) is 62.4 cm³/mol. The highest BCUT2D eigenvalue weighted by atomic mass is 32.2. The van der Waals surface area contributed by atoms with E-state index in [-0.39, 0.29) is 24.6 Å². The van der Waals surface area contributed by atoms with Gasteiger partial charge >= 0.3 is 18.0 Å². The second-order valence-corrected chi connectivity index (χ2v) is 6.38. The number of urea groups is 1. The van der Waals surface area contributed by atoms with E-state index in [9.17, 15) is 22.8 Å². The van der Waals surface area contributed by atoms with Gasteiger partial charge in [-0.1, -0.05) is 0 Å². The highest BCUT2D eigenvalue weighted by Gasteiger charge is 2.29. The molecule has 0 spiro atoms. The first-order chi connectivity index (χ1) is 8.71. The summed E-state index contributed by atoms with van der Waals surface area (Å²) in [6, 6.07) is -2.31. The monoisotopic (exact) mass is 294 g/mol. The Labute approximate surface area is 109 Å². The minimum atomic E-state index is -3.15. The fourth-order valence-corrected chi connectivity index (χ4v) is 2.73. The first-order valence-corrected chi connectivity index (χ1v) is 7.24. The molecule has 1 atom stereocenters. The van der Waals surface area contributed by atoms with Crippen LogP contribution in [0.25, 0.3) is 0 Å². The van der Waals surface area contributed by atoms with Crippen molar-refractivity contribution < 1.29 is 33.0 Å². The van der Waals surface area contributed by atoms with Crippen LogP contribution in [0.5, 0.6) is 0 Å². The van der Waals surface area contributed by atoms with E-state index in [1.54, 1.807) is 0 Å². The molecular weight excluding hydrogens is 280 g/mol. The zero-order valence-corrected chi connectivity index (χ0v) is 10.7. The number of nitrogens with one attached hydrogen (secondary N) is 1. The lowest BCUT2D eigenvalue weighted by Gasteiger charge is -2.28. The third-order valence-corrected chi connectivity index (χ3v) is 4.22. The number of sulfone groups is 1. The van der Waals surface area contributed by atoms with Crippen molar-refractivity contribution >= 4 is 27.8 Å². The maximum absolute atomic E-state index is 11.7. The normalized spacial score (nSPS) is 19.5. The van der Waals surface area contributed by atoms with Crippen LogP contribution in [0, 0.1) is 0 Å². The summed E-state index contributed by atoms with van der Waals surface area (Å²) < 4.78 is 22.3. The number of carboxylic acids is 2. The van der Waals surface area contributed by atoms with Gasteiger partial charge in [-0.3, -0.25) is 4.79 Å². The van der Waals surface area contributed by atoms with Crippen molar-refractivity contribution in [3.63, 3.8) is 0 Å². The zero-order chi connectivity index (χ0) is 14.6. The summed E-state index contributed by atoms with van der Waals surface area (Å²) in [7, 11) is -3.15. The minimum absolute atomic E-state index is 0.0341. The van der Waals surface area contributed by atoms with Crippen molar-refractivity contribution in [1.82, 2.24) is 10.2 Å². The molecule has 1 aliphatic rings. The highest BCUT2D eigenvalue weighted by Crippen LogP contribution is 2.05. The molecule has 9 nitrogen and oxygen atoms in total. The Bertz CT molecular complexity index is 473. The number of carbonyl (C=O) groups excluding carboxylic acids is 1. The first kappa shape index (κ1) is 15.2. The van der Waals surface area contributed by atoms with E-state index in [0.717, 1.165) is 4.90 Å². The number of nitrogens with zero attached hydrogens (tertiary/aromatic N) is 1. The Morgan fingerprint density at radius 1 is 1.16 bits per heavy atom. The molecule has 0 aliphatic carbocycles. The number of aliphatic carboxylic acids is 2. The highest BCUT2D eigenvalue weighted by molar-refractivity contribution is 7.91. The largest absolute Gasteiger partial charge is 0.481 e. The van der Waals surface area contributed by atoms with Crippen LogP contribution in [0.3, 0.4) is 0 Å². The molecule has 10 heteroatoms. The van der Waals surface area contributed by atoms with Crippen LogP contribution >= 0.6 is 0 Å². The number of carbonyl (C=O) groups is 3. The second kappa shape index (κ2) is 5.87. The summed E-state index contributed by atoms with van der Waals surface area (Å²) in [5.74, 6) is -3.18. The van der Waals surface area contributed by atoms with Crippen LogP contribution in [0.1, 0.15) is 6.42 Å². The Balaban J connectivity index is 2.58. The third-order valence-electron chi connectivity index (χ3n) is 2.61. The second-order valence-electron chi connectivity index (χ2n) is 4.08. The lowest BCUT2D eigenvalue weighted by atomic mass is 10.2. The van der Waals surface area contributed by atoms with E-state index < -0.39 is 40.3 Å².